The van der Waals surface area contributed by atoms with Gasteiger partial charge in [-0.15, -0.1) is 0 Å². The Balaban J connectivity index is 1.20. The molecule has 0 spiro atoms. The first-order chi connectivity index (χ1) is 27.9. The van der Waals surface area contributed by atoms with E-state index in [0.29, 0.717) is 83.1 Å². The molecule has 0 bridgehead atoms. The molecule has 1 aromatic heterocycles. The second kappa shape index (κ2) is 25.8. The minimum atomic E-state index is -1.06. The molecule has 3 aromatic carbocycles. The number of aliphatic carboxylic acids is 1. The molecular weight excluding hydrogens is 732 g/mol. The summed E-state index contributed by atoms with van der Waals surface area (Å²) in [6.07, 6.45) is 2.27. The number of rotatable bonds is 29. The summed E-state index contributed by atoms with van der Waals surface area (Å²) < 4.78 is 33.3. The SMILES string of the molecule is CCCOCCOCCOCCOCCOc1ccc(-c2ccc(C(CC(=O)O)NC(=O)CNC(=O)CCCCNc3cccc(OC)n3)cc2)c2ccccc12. The zero-order valence-corrected chi connectivity index (χ0v) is 33.0. The van der Waals surface area contributed by atoms with Gasteiger partial charge >= 0.3 is 5.97 Å². The molecular formula is C43H56N4O10. The van der Waals surface area contributed by atoms with Gasteiger partial charge in [-0.2, -0.15) is 4.98 Å². The minimum Gasteiger partial charge on any atom is -0.491 e. The maximum absolute atomic E-state index is 12.8. The Morgan fingerprint density at radius 1 is 0.719 bits per heavy atom. The highest BCUT2D eigenvalue weighted by molar-refractivity contribution is 6.00. The number of ether oxygens (including phenoxy) is 6. The van der Waals surface area contributed by atoms with E-state index in [-0.39, 0.29) is 25.3 Å². The average Bonchev–Trinajstić information content (AvgIpc) is 3.22. The Labute approximate surface area is 334 Å². The number of pyridine rings is 1. The predicted molar refractivity (Wildman–Crippen MR) is 218 cm³/mol. The summed E-state index contributed by atoms with van der Waals surface area (Å²) in [5.41, 5.74) is 2.53. The van der Waals surface area contributed by atoms with Crippen molar-refractivity contribution in [3.8, 4) is 22.8 Å². The number of carbonyl (C=O) groups is 3. The van der Waals surface area contributed by atoms with Crippen molar-refractivity contribution in [1.29, 1.82) is 0 Å². The molecule has 1 atom stereocenters. The number of hydrogen-bond acceptors (Lipinski definition) is 11. The van der Waals surface area contributed by atoms with Crippen molar-refractivity contribution < 1.29 is 47.9 Å². The van der Waals surface area contributed by atoms with Crippen molar-refractivity contribution in [1.82, 2.24) is 15.6 Å². The Morgan fingerprint density at radius 3 is 2.05 bits per heavy atom. The molecule has 0 aliphatic rings. The van der Waals surface area contributed by atoms with Crippen LogP contribution in [0.2, 0.25) is 0 Å². The van der Waals surface area contributed by atoms with Gasteiger partial charge in [-0.25, -0.2) is 0 Å². The van der Waals surface area contributed by atoms with Crippen LogP contribution in [0.25, 0.3) is 21.9 Å². The first-order valence-electron chi connectivity index (χ1n) is 19.5. The lowest BCUT2D eigenvalue weighted by Gasteiger charge is -2.19. The van der Waals surface area contributed by atoms with E-state index in [1.807, 2.05) is 72.8 Å². The highest BCUT2D eigenvalue weighted by Crippen LogP contribution is 2.35. The molecule has 0 saturated heterocycles. The van der Waals surface area contributed by atoms with Gasteiger partial charge in [-0.1, -0.05) is 67.6 Å². The molecule has 0 fully saturated rings. The van der Waals surface area contributed by atoms with E-state index in [1.54, 1.807) is 13.2 Å². The first kappa shape index (κ1) is 44.4. The van der Waals surface area contributed by atoms with Gasteiger partial charge in [0.25, 0.3) is 0 Å². The third-order valence-electron chi connectivity index (χ3n) is 8.69. The van der Waals surface area contributed by atoms with E-state index in [0.717, 1.165) is 47.1 Å². The van der Waals surface area contributed by atoms with Crippen LogP contribution in [0.1, 0.15) is 50.6 Å². The molecule has 0 aliphatic heterocycles. The summed E-state index contributed by atoms with van der Waals surface area (Å²) in [4.78, 5) is 41.2. The normalized spacial score (nSPS) is 11.5. The van der Waals surface area contributed by atoms with E-state index < -0.39 is 17.9 Å². The van der Waals surface area contributed by atoms with Gasteiger partial charge in [0.15, 0.2) is 0 Å². The van der Waals surface area contributed by atoms with Crippen molar-refractivity contribution >= 4 is 34.4 Å². The molecule has 308 valence electrons. The second-order valence-corrected chi connectivity index (χ2v) is 13.0. The monoisotopic (exact) mass is 788 g/mol. The van der Waals surface area contributed by atoms with Gasteiger partial charge in [-0.05, 0) is 53.5 Å². The third-order valence-corrected chi connectivity index (χ3v) is 8.69. The minimum absolute atomic E-state index is 0.250. The molecule has 4 N–H and O–H groups in total. The number of anilines is 1. The number of carbonyl (C=O) groups excluding carboxylic acids is 2. The van der Waals surface area contributed by atoms with Crippen molar-refractivity contribution in [3.05, 3.63) is 84.4 Å². The Morgan fingerprint density at radius 2 is 1.39 bits per heavy atom. The van der Waals surface area contributed by atoms with E-state index in [1.165, 1.54) is 0 Å². The molecule has 4 rings (SSSR count). The van der Waals surface area contributed by atoms with Gasteiger partial charge in [0, 0.05) is 31.0 Å². The molecule has 0 aliphatic carbocycles. The van der Waals surface area contributed by atoms with E-state index in [9.17, 15) is 19.5 Å². The lowest BCUT2D eigenvalue weighted by Crippen LogP contribution is -2.39. The third kappa shape index (κ3) is 16.4. The largest absolute Gasteiger partial charge is 0.491 e. The molecule has 2 amide bonds. The van der Waals surface area contributed by atoms with Crippen LogP contribution in [0.4, 0.5) is 5.82 Å². The number of benzene rings is 3. The smallest absolute Gasteiger partial charge is 0.305 e. The molecule has 1 unspecified atom stereocenters. The maximum Gasteiger partial charge on any atom is 0.305 e. The quantitative estimate of drug-likeness (QED) is 0.0488. The van der Waals surface area contributed by atoms with Gasteiger partial charge in [0.2, 0.25) is 17.7 Å². The van der Waals surface area contributed by atoms with Gasteiger partial charge < -0.3 is 49.5 Å². The van der Waals surface area contributed by atoms with Crippen LogP contribution >= 0.6 is 0 Å². The molecule has 0 radical (unpaired) electrons. The van der Waals surface area contributed by atoms with Gasteiger partial charge in [0.1, 0.15) is 18.2 Å². The summed E-state index contributed by atoms with van der Waals surface area (Å²) in [6.45, 7) is 7.08. The zero-order chi connectivity index (χ0) is 40.5. The van der Waals surface area contributed by atoms with Crippen LogP contribution in [0, 0.1) is 0 Å². The number of aromatic nitrogens is 1. The van der Waals surface area contributed by atoms with Crippen molar-refractivity contribution in [3.63, 3.8) is 0 Å². The number of methoxy groups -OCH3 is 1. The lowest BCUT2D eigenvalue weighted by atomic mass is 9.95. The highest BCUT2D eigenvalue weighted by Gasteiger charge is 2.19. The van der Waals surface area contributed by atoms with E-state index in [2.05, 4.69) is 27.9 Å². The number of amides is 2. The fraction of sp³-hybridized carbons (Fsp3) is 0.442. The number of nitrogens with one attached hydrogen (secondary N) is 3. The summed E-state index contributed by atoms with van der Waals surface area (Å²) in [7, 11) is 1.55. The van der Waals surface area contributed by atoms with Crippen LogP contribution in [-0.2, 0) is 33.3 Å². The van der Waals surface area contributed by atoms with Crippen LogP contribution in [0.15, 0.2) is 78.9 Å². The number of carboxylic acid groups (broad SMARTS) is 1. The molecule has 14 heteroatoms. The van der Waals surface area contributed by atoms with Crippen LogP contribution in [-0.4, -0.2) is 108 Å². The maximum atomic E-state index is 12.8. The van der Waals surface area contributed by atoms with E-state index in [4.69, 9.17) is 28.4 Å². The Kier molecular flexibility index (Phi) is 20.1. The van der Waals surface area contributed by atoms with Crippen molar-refractivity contribution in [2.45, 2.75) is 45.1 Å². The zero-order valence-electron chi connectivity index (χ0n) is 33.0. The summed E-state index contributed by atoms with van der Waals surface area (Å²) in [5, 5.41) is 20.1. The number of hydrogen-bond donors (Lipinski definition) is 4. The van der Waals surface area contributed by atoms with Crippen molar-refractivity contribution in [2.24, 2.45) is 0 Å². The molecule has 57 heavy (non-hydrogen) atoms. The van der Waals surface area contributed by atoms with Crippen LogP contribution < -0.4 is 25.4 Å². The summed E-state index contributed by atoms with van der Waals surface area (Å²) >= 11 is 0. The van der Waals surface area contributed by atoms with Crippen molar-refractivity contribution in [2.75, 3.05) is 85.0 Å². The Bertz CT molecular complexity index is 1810. The molecule has 1 heterocycles. The standard InChI is InChI=1S/C43H56N4O10/c1-3-21-53-22-23-54-24-25-55-26-27-56-28-29-57-38-19-18-34(35-9-4-5-10-36(35)38)32-14-16-33(17-15-32)37(30-43(50)51)46-41(49)31-45-40(48)12-6-7-20-44-39-11-8-13-42(47-39)52-2/h4-5,8-11,13-19,37H,3,6-7,12,20-31H2,1-2H3,(H,44,47)(H,45,48)(H,46,49)(H,50,51). The average molecular weight is 789 g/mol. The lowest BCUT2D eigenvalue weighted by molar-refractivity contribution is -0.138. The molecule has 4 aromatic rings. The topological polar surface area (TPSA) is 176 Å². The van der Waals surface area contributed by atoms with Crippen LogP contribution in [0.3, 0.4) is 0 Å². The summed E-state index contributed by atoms with van der Waals surface area (Å²) in [6, 6.07) is 24.0. The van der Waals surface area contributed by atoms with Gasteiger partial charge in [0.05, 0.1) is 72.4 Å². The number of fused-ring (bicyclic) bond motifs is 1. The Hall–Kier alpha value is -5.28. The molecule has 0 saturated carbocycles. The summed E-state index contributed by atoms with van der Waals surface area (Å²) in [5.74, 6) is 0.144. The fourth-order valence-corrected chi connectivity index (χ4v) is 5.85. The van der Waals surface area contributed by atoms with E-state index >= 15 is 0 Å². The number of unbranched alkanes of at least 4 members (excludes halogenated alkanes) is 1. The first-order valence-corrected chi connectivity index (χ1v) is 19.5. The number of carboxylic acids is 1. The number of nitrogens with zero attached hydrogens (tertiary/aromatic N) is 1. The molecule has 14 nitrogen and oxygen atoms in total. The second-order valence-electron chi connectivity index (χ2n) is 13.0. The van der Waals surface area contributed by atoms with Gasteiger partial charge in [-0.3, -0.25) is 14.4 Å². The predicted octanol–water partition coefficient (Wildman–Crippen LogP) is 5.80. The fourth-order valence-electron chi connectivity index (χ4n) is 5.85. The van der Waals surface area contributed by atoms with Crippen LogP contribution in [0.5, 0.6) is 11.6 Å². The highest BCUT2D eigenvalue weighted by atomic mass is 16.6.